The summed E-state index contributed by atoms with van der Waals surface area (Å²) in [4.78, 5) is 18.4. The van der Waals surface area contributed by atoms with Gasteiger partial charge in [0.25, 0.3) is 0 Å². The standard InChI is InChI=1S/C23H34N8O3S/c24-22(25)27-10-2-1-3-13-31-15-17-14-20(28-21(17)29-23(31)32)16-4-6-19(7-5-16)35(33,34)30-18-8-11-26-12-9-18/h4-7,14-15,18,21,26,28,30H,1-3,8-13H2,(H,29,32)(H4,24,25,27). The van der Waals surface area contributed by atoms with E-state index in [1.165, 1.54) is 0 Å². The van der Waals surface area contributed by atoms with E-state index in [1.54, 1.807) is 29.2 Å². The second kappa shape index (κ2) is 11.1. The third kappa shape index (κ3) is 6.53. The normalized spacial score (nSPS) is 20.4. The lowest BCUT2D eigenvalue weighted by atomic mass is 10.1. The van der Waals surface area contributed by atoms with Crippen LogP contribution in [-0.4, -0.2) is 63.7 Å². The van der Waals surface area contributed by atoms with Crippen molar-refractivity contribution in [2.45, 2.75) is 49.2 Å². The van der Waals surface area contributed by atoms with Crippen molar-refractivity contribution >= 4 is 27.7 Å². The summed E-state index contributed by atoms with van der Waals surface area (Å²) < 4.78 is 28.3. The molecular weight excluding hydrogens is 468 g/mol. The van der Waals surface area contributed by atoms with E-state index in [1.807, 2.05) is 12.3 Å². The number of rotatable bonds is 10. The van der Waals surface area contributed by atoms with Crippen LogP contribution in [0.3, 0.4) is 0 Å². The largest absolute Gasteiger partial charge is 0.370 e. The predicted octanol–water partition coefficient (Wildman–Crippen LogP) is 0.340. The highest BCUT2D eigenvalue weighted by Gasteiger charge is 2.30. The number of urea groups is 1. The molecule has 1 atom stereocenters. The first-order valence-corrected chi connectivity index (χ1v) is 13.5. The minimum Gasteiger partial charge on any atom is -0.370 e. The van der Waals surface area contributed by atoms with Crippen LogP contribution in [0, 0.1) is 0 Å². The molecule has 4 rings (SSSR count). The molecular formula is C23H34N8O3S. The first kappa shape index (κ1) is 25.0. The molecule has 1 unspecified atom stereocenters. The summed E-state index contributed by atoms with van der Waals surface area (Å²) in [5.74, 6) is 0.0951. The molecule has 3 heterocycles. The number of piperidine rings is 1. The molecule has 0 radical (unpaired) electrons. The quantitative estimate of drug-likeness (QED) is 0.152. The maximum absolute atomic E-state index is 12.7. The van der Waals surface area contributed by atoms with Crippen LogP contribution in [0.4, 0.5) is 4.79 Å². The lowest BCUT2D eigenvalue weighted by molar-refractivity contribution is 0.206. The Morgan fingerprint density at radius 1 is 1.09 bits per heavy atom. The summed E-state index contributed by atoms with van der Waals surface area (Å²) in [5.41, 5.74) is 13.3. The molecule has 1 aromatic rings. The van der Waals surface area contributed by atoms with Gasteiger partial charge in [0.1, 0.15) is 6.17 Å². The van der Waals surface area contributed by atoms with Crippen molar-refractivity contribution in [3.05, 3.63) is 47.7 Å². The molecule has 0 aliphatic carbocycles. The Balaban J connectivity index is 1.35. The molecule has 1 fully saturated rings. The fourth-order valence-electron chi connectivity index (χ4n) is 4.36. The lowest BCUT2D eigenvalue weighted by Gasteiger charge is -2.29. The van der Waals surface area contributed by atoms with Crippen molar-refractivity contribution < 1.29 is 13.2 Å². The molecule has 0 saturated carbocycles. The number of nitrogens with two attached hydrogens (primary N) is 2. The van der Waals surface area contributed by atoms with E-state index >= 15 is 0 Å². The minimum atomic E-state index is -3.57. The van der Waals surface area contributed by atoms with E-state index in [0.717, 1.165) is 62.0 Å². The number of carbonyl (C=O) groups excluding carboxylic acids is 1. The van der Waals surface area contributed by atoms with Crippen molar-refractivity contribution in [1.29, 1.82) is 0 Å². The first-order chi connectivity index (χ1) is 16.8. The second-order valence-electron chi connectivity index (χ2n) is 8.94. The zero-order valence-electron chi connectivity index (χ0n) is 19.7. The van der Waals surface area contributed by atoms with Gasteiger partial charge in [-0.15, -0.1) is 0 Å². The summed E-state index contributed by atoms with van der Waals surface area (Å²) in [7, 11) is -3.57. The Hall–Kier alpha value is -3.09. The summed E-state index contributed by atoms with van der Waals surface area (Å²) >= 11 is 0. The molecule has 0 bridgehead atoms. The van der Waals surface area contributed by atoms with Gasteiger partial charge in [0.05, 0.1) is 4.90 Å². The topological polar surface area (TPSA) is 167 Å². The fraction of sp³-hybridized carbons (Fsp3) is 0.478. The number of aliphatic imine (C=N–C) groups is 1. The van der Waals surface area contributed by atoms with E-state index in [9.17, 15) is 13.2 Å². The molecule has 3 aliphatic heterocycles. The molecule has 0 aromatic heterocycles. The highest BCUT2D eigenvalue weighted by Crippen LogP contribution is 2.26. The Labute approximate surface area is 206 Å². The first-order valence-electron chi connectivity index (χ1n) is 12.0. The van der Waals surface area contributed by atoms with E-state index in [0.29, 0.717) is 13.1 Å². The molecule has 1 saturated heterocycles. The molecule has 11 nitrogen and oxygen atoms in total. The average molecular weight is 503 g/mol. The predicted molar refractivity (Wildman–Crippen MR) is 135 cm³/mol. The lowest BCUT2D eigenvalue weighted by Crippen LogP contribution is -2.51. The number of sulfonamides is 1. The highest BCUT2D eigenvalue weighted by molar-refractivity contribution is 7.89. The summed E-state index contributed by atoms with van der Waals surface area (Å²) in [6.07, 6.45) is 7.71. The zero-order valence-corrected chi connectivity index (χ0v) is 20.5. The van der Waals surface area contributed by atoms with E-state index in [2.05, 4.69) is 25.7 Å². The SMILES string of the molecule is NC(N)=NCCCCCN1C=C2C=C(c3ccc(S(=O)(=O)NC4CCNCC4)cc3)NC2NC1=O. The highest BCUT2D eigenvalue weighted by atomic mass is 32.2. The van der Waals surface area contributed by atoms with Crippen LogP contribution in [0.25, 0.3) is 5.70 Å². The van der Waals surface area contributed by atoms with Crippen LogP contribution in [0.2, 0.25) is 0 Å². The summed E-state index contributed by atoms with van der Waals surface area (Å²) in [6.45, 7) is 2.82. The number of benzene rings is 1. The smallest absolute Gasteiger partial charge is 0.323 e. The van der Waals surface area contributed by atoms with Crippen molar-refractivity contribution in [2.75, 3.05) is 26.2 Å². The molecule has 2 amide bonds. The van der Waals surface area contributed by atoms with Crippen LogP contribution >= 0.6 is 0 Å². The number of hydrogen-bond acceptors (Lipinski definition) is 6. The molecule has 35 heavy (non-hydrogen) atoms. The number of carbonyl (C=O) groups is 1. The monoisotopic (exact) mass is 502 g/mol. The van der Waals surface area contributed by atoms with Gasteiger partial charge >= 0.3 is 6.03 Å². The van der Waals surface area contributed by atoms with Crippen LogP contribution in [0.15, 0.2) is 52.0 Å². The third-order valence-corrected chi connectivity index (χ3v) is 7.80. The van der Waals surface area contributed by atoms with E-state index in [4.69, 9.17) is 11.5 Å². The van der Waals surface area contributed by atoms with Gasteiger partial charge < -0.3 is 32.3 Å². The van der Waals surface area contributed by atoms with Crippen LogP contribution in [-0.2, 0) is 10.0 Å². The van der Waals surface area contributed by atoms with Gasteiger partial charge in [0.15, 0.2) is 5.96 Å². The second-order valence-corrected chi connectivity index (χ2v) is 10.7. The molecule has 3 aliphatic rings. The summed E-state index contributed by atoms with van der Waals surface area (Å²) in [6, 6.07) is 6.60. The molecule has 12 heteroatoms. The Morgan fingerprint density at radius 3 is 2.54 bits per heavy atom. The van der Waals surface area contributed by atoms with Gasteiger partial charge in [-0.05, 0) is 69.0 Å². The van der Waals surface area contributed by atoms with Crippen molar-refractivity contribution in [3.8, 4) is 0 Å². The Morgan fingerprint density at radius 2 is 1.83 bits per heavy atom. The van der Waals surface area contributed by atoms with Gasteiger partial charge in [-0.25, -0.2) is 17.9 Å². The number of hydrogen-bond donors (Lipinski definition) is 6. The molecule has 190 valence electrons. The van der Waals surface area contributed by atoms with Crippen molar-refractivity contribution in [1.82, 2.24) is 25.6 Å². The third-order valence-electron chi connectivity index (χ3n) is 6.27. The van der Waals surface area contributed by atoms with Gasteiger partial charge in [-0.1, -0.05) is 12.1 Å². The number of unbranched alkanes of at least 4 members (excludes halogenated alkanes) is 2. The molecule has 8 N–H and O–H groups in total. The maximum Gasteiger partial charge on any atom is 0.323 e. The van der Waals surface area contributed by atoms with Crippen molar-refractivity contribution in [3.63, 3.8) is 0 Å². The number of guanidine groups is 1. The number of amides is 2. The molecule has 1 aromatic carbocycles. The number of nitrogens with zero attached hydrogens (tertiary/aromatic N) is 2. The number of nitrogens with one attached hydrogen (secondary N) is 4. The maximum atomic E-state index is 12.7. The van der Waals surface area contributed by atoms with Gasteiger partial charge in [-0.3, -0.25) is 4.99 Å². The van der Waals surface area contributed by atoms with Crippen LogP contribution in [0.1, 0.15) is 37.7 Å². The Kier molecular flexibility index (Phi) is 7.93. The van der Waals surface area contributed by atoms with Gasteiger partial charge in [0, 0.05) is 36.6 Å². The van der Waals surface area contributed by atoms with Crippen LogP contribution in [0.5, 0.6) is 0 Å². The summed E-state index contributed by atoms with van der Waals surface area (Å²) in [5, 5.41) is 9.50. The number of fused-ring (bicyclic) bond motifs is 1. The minimum absolute atomic E-state index is 0.0417. The average Bonchev–Trinajstić information content (AvgIpc) is 3.24. The van der Waals surface area contributed by atoms with Gasteiger partial charge in [0.2, 0.25) is 10.0 Å². The fourth-order valence-corrected chi connectivity index (χ4v) is 5.66. The van der Waals surface area contributed by atoms with Gasteiger partial charge in [-0.2, -0.15) is 0 Å². The Bertz CT molecular complexity index is 1100. The van der Waals surface area contributed by atoms with E-state index in [-0.39, 0.29) is 29.1 Å². The van der Waals surface area contributed by atoms with Crippen molar-refractivity contribution in [2.24, 2.45) is 16.5 Å². The zero-order chi connectivity index (χ0) is 24.8. The molecule has 0 spiro atoms. The van der Waals surface area contributed by atoms with Crippen LogP contribution < -0.4 is 32.1 Å². The van der Waals surface area contributed by atoms with E-state index < -0.39 is 10.0 Å².